The van der Waals surface area contributed by atoms with Gasteiger partial charge in [0.1, 0.15) is 0 Å². The number of para-hydroxylation sites is 1. The number of guanidine groups is 1. The Kier molecular flexibility index (Phi) is 8.66. The number of rotatable bonds is 6. The third-order valence-corrected chi connectivity index (χ3v) is 16.8. The van der Waals surface area contributed by atoms with Gasteiger partial charge in [-0.3, -0.25) is 4.99 Å². The molecule has 8 nitrogen and oxygen atoms in total. The minimum Gasteiger partial charge on any atom is -0.390 e. The Morgan fingerprint density at radius 3 is 2.58 bits per heavy atom. The molecule has 8 aliphatic rings. The molecule has 0 unspecified atom stereocenters. The SMILES string of the molecule is CN=C(N)N[C@H]1C#C[C@H]2C[C@]3(C=C(Cc4cc5ccccc5[nH]4)[C@]24C[C@H]2CC[C@@H]4[C@H]4[C@H](C[C@H](O)[C@@]4(O)C1)[C@@]2(O)C1CCCCC1)CC[C@@H](Cc1ccc[nH]1)C3. The standard InChI is InChI=1S/C47H61N5O3/c1-49-43(48)52-36-15-13-32-25-44(18-17-29(24-44)20-35-11-7-19-50-35)26-34(22-37-21-30-8-5-6-12-40(30)51-37)45(32)27-33-14-16-38(45)42-39(23-41(53)46(42,54)28-36)47(33,55)31-9-3-2-4-10-31/h5-8,11-12,19,21,26,29,31-33,36,38-39,41-42,50-51,53-55H,2-4,9-10,14,16-18,20,22-25,27-28H2,1H3,(H3,48,49,52)/t29-,32-,33+,36-,38+,39-,41-,42-,44-,45-,46-,47+/m0/s1. The largest absolute Gasteiger partial charge is 0.390 e. The summed E-state index contributed by atoms with van der Waals surface area (Å²) in [6, 6.07) is 14.8. The highest BCUT2D eigenvalue weighted by atomic mass is 16.3. The van der Waals surface area contributed by atoms with Crippen molar-refractivity contribution in [3.05, 3.63) is 71.7 Å². The van der Waals surface area contributed by atoms with Gasteiger partial charge >= 0.3 is 0 Å². The maximum atomic E-state index is 13.7. The summed E-state index contributed by atoms with van der Waals surface area (Å²) < 4.78 is 0. The zero-order valence-corrected chi connectivity index (χ0v) is 32.6. The summed E-state index contributed by atoms with van der Waals surface area (Å²) in [6.07, 6.45) is 19.3. The van der Waals surface area contributed by atoms with Crippen molar-refractivity contribution in [1.82, 2.24) is 15.3 Å². The van der Waals surface area contributed by atoms with Crippen molar-refractivity contribution in [3.63, 3.8) is 0 Å². The second-order valence-electron chi connectivity index (χ2n) is 19.4. The van der Waals surface area contributed by atoms with E-state index in [1.807, 2.05) is 6.20 Å². The number of aliphatic imine (C=N–C) groups is 1. The lowest BCUT2D eigenvalue weighted by Gasteiger charge is -2.58. The van der Waals surface area contributed by atoms with Crippen LogP contribution in [0.1, 0.15) is 101 Å². The van der Waals surface area contributed by atoms with Gasteiger partial charge in [-0.25, -0.2) is 0 Å². The molecule has 0 radical (unpaired) electrons. The van der Waals surface area contributed by atoms with Gasteiger partial charge in [0.05, 0.1) is 23.3 Å². The van der Waals surface area contributed by atoms with Crippen LogP contribution < -0.4 is 11.1 Å². The Labute approximate surface area is 326 Å². The van der Waals surface area contributed by atoms with Gasteiger partial charge in [-0.2, -0.15) is 0 Å². The lowest BCUT2D eigenvalue weighted by molar-refractivity contribution is -0.142. The fraction of sp³-hybridized carbons (Fsp3) is 0.638. The summed E-state index contributed by atoms with van der Waals surface area (Å²) in [4.78, 5) is 11.5. The van der Waals surface area contributed by atoms with E-state index in [0.29, 0.717) is 18.3 Å². The highest BCUT2D eigenvalue weighted by Crippen LogP contribution is 2.73. The van der Waals surface area contributed by atoms with Crippen molar-refractivity contribution in [1.29, 1.82) is 0 Å². The second kappa shape index (κ2) is 13.3. The Hall–Kier alpha value is -3.51. The van der Waals surface area contributed by atoms with Crippen molar-refractivity contribution in [2.45, 2.75) is 126 Å². The normalized spacial score (nSPS) is 42.5. The molecular formula is C47H61N5O3. The van der Waals surface area contributed by atoms with Gasteiger partial charge in [-0.15, -0.1) is 0 Å². The maximum absolute atomic E-state index is 13.7. The predicted octanol–water partition coefficient (Wildman–Crippen LogP) is 6.78. The smallest absolute Gasteiger partial charge is 0.189 e. The van der Waals surface area contributed by atoms with Crippen molar-refractivity contribution >= 4 is 16.9 Å². The molecule has 8 aliphatic carbocycles. The number of benzene rings is 1. The summed E-state index contributed by atoms with van der Waals surface area (Å²) in [7, 11) is 1.67. The molecule has 2 aromatic heterocycles. The molecule has 2 spiro atoms. The zero-order valence-electron chi connectivity index (χ0n) is 32.6. The molecule has 292 valence electrons. The Bertz CT molecular complexity index is 2000. The van der Waals surface area contributed by atoms with Crippen LogP contribution in [-0.4, -0.2) is 61.6 Å². The number of fused-ring (bicyclic) bond motifs is 2. The quantitative estimate of drug-likeness (QED) is 0.0645. The molecule has 1 aromatic carbocycles. The molecule has 0 amide bonds. The number of hydrogen-bond acceptors (Lipinski definition) is 4. The third-order valence-electron chi connectivity index (χ3n) is 16.8. The highest BCUT2D eigenvalue weighted by Gasteiger charge is 2.73. The number of nitrogens with one attached hydrogen (secondary N) is 3. The van der Waals surface area contributed by atoms with Gasteiger partial charge in [-0.05, 0) is 141 Å². The summed E-state index contributed by atoms with van der Waals surface area (Å²) in [5.41, 5.74) is 8.84. The first-order valence-corrected chi connectivity index (χ1v) is 21.7. The average Bonchev–Trinajstić information content (AvgIpc) is 3.97. The number of aliphatic hydroxyl groups is 3. The molecule has 4 bridgehead atoms. The molecular weight excluding hydrogens is 683 g/mol. The first-order chi connectivity index (χ1) is 26.6. The van der Waals surface area contributed by atoms with Gasteiger partial charge in [0.25, 0.3) is 0 Å². The van der Waals surface area contributed by atoms with Crippen LogP contribution in [0.3, 0.4) is 0 Å². The highest BCUT2D eigenvalue weighted by molar-refractivity contribution is 5.80. The fourth-order valence-electron chi connectivity index (χ4n) is 14.7. The minimum atomic E-state index is -1.42. The first kappa shape index (κ1) is 35.9. The summed E-state index contributed by atoms with van der Waals surface area (Å²) >= 11 is 0. The number of H-pyrrole nitrogens is 2. The van der Waals surface area contributed by atoms with Gasteiger partial charge in [0, 0.05) is 54.3 Å². The van der Waals surface area contributed by atoms with E-state index in [4.69, 9.17) is 5.73 Å². The Balaban J connectivity index is 1.17. The van der Waals surface area contributed by atoms with Crippen molar-refractivity contribution < 1.29 is 15.3 Å². The molecule has 0 aliphatic heterocycles. The van der Waals surface area contributed by atoms with Crippen LogP contribution in [0.5, 0.6) is 0 Å². The molecule has 8 N–H and O–H groups in total. The molecule has 6 fully saturated rings. The van der Waals surface area contributed by atoms with Crippen LogP contribution >= 0.6 is 0 Å². The fourth-order valence-corrected chi connectivity index (χ4v) is 14.7. The van der Waals surface area contributed by atoms with E-state index in [0.717, 1.165) is 82.6 Å². The van der Waals surface area contributed by atoms with Crippen molar-refractivity contribution in [2.75, 3.05) is 7.05 Å². The predicted molar refractivity (Wildman–Crippen MR) is 217 cm³/mol. The van der Waals surface area contributed by atoms with E-state index in [9.17, 15) is 15.3 Å². The van der Waals surface area contributed by atoms with E-state index < -0.39 is 23.3 Å². The molecule has 12 atom stereocenters. The van der Waals surface area contributed by atoms with E-state index in [1.54, 1.807) is 7.05 Å². The van der Waals surface area contributed by atoms with Gasteiger partial charge < -0.3 is 36.3 Å². The van der Waals surface area contributed by atoms with E-state index in [-0.39, 0.29) is 52.8 Å². The number of hydrogen-bond donors (Lipinski definition) is 7. The van der Waals surface area contributed by atoms with Crippen LogP contribution in [0.4, 0.5) is 0 Å². The monoisotopic (exact) mass is 743 g/mol. The Morgan fingerprint density at radius 1 is 0.927 bits per heavy atom. The molecule has 2 heterocycles. The number of nitrogens with zero attached hydrogens (tertiary/aromatic N) is 1. The number of nitrogens with two attached hydrogens (primary N) is 1. The van der Waals surface area contributed by atoms with Crippen LogP contribution in [-0.2, 0) is 12.8 Å². The van der Waals surface area contributed by atoms with Gasteiger partial charge in [0.2, 0.25) is 0 Å². The van der Waals surface area contributed by atoms with E-state index >= 15 is 0 Å². The van der Waals surface area contributed by atoms with Crippen LogP contribution in [0.25, 0.3) is 10.9 Å². The molecule has 3 aromatic rings. The van der Waals surface area contributed by atoms with Crippen LogP contribution in [0.2, 0.25) is 0 Å². The third kappa shape index (κ3) is 5.61. The van der Waals surface area contributed by atoms with Gasteiger partial charge in [-0.1, -0.05) is 61.0 Å². The van der Waals surface area contributed by atoms with Gasteiger partial charge in [0.15, 0.2) is 5.96 Å². The summed E-state index contributed by atoms with van der Waals surface area (Å²) in [5.74, 6) is 8.57. The molecule has 8 heteroatoms. The number of aromatic amines is 2. The lowest BCUT2D eigenvalue weighted by atomic mass is 9.46. The number of allylic oxidation sites excluding steroid dienone is 2. The summed E-state index contributed by atoms with van der Waals surface area (Å²) in [5, 5.41) is 43.8. The topological polar surface area (TPSA) is 143 Å². The molecule has 55 heavy (non-hydrogen) atoms. The van der Waals surface area contributed by atoms with Crippen molar-refractivity contribution in [2.24, 2.45) is 63.0 Å². The number of aromatic nitrogens is 2. The molecule has 11 rings (SSSR count). The van der Waals surface area contributed by atoms with E-state index in [1.165, 1.54) is 35.2 Å². The molecule has 6 saturated carbocycles. The molecule has 0 saturated heterocycles. The minimum absolute atomic E-state index is 0.0280. The zero-order chi connectivity index (χ0) is 37.6. The average molecular weight is 744 g/mol. The van der Waals surface area contributed by atoms with Crippen LogP contribution in [0.15, 0.2) is 65.3 Å². The van der Waals surface area contributed by atoms with Crippen LogP contribution in [0, 0.1) is 64.1 Å². The Morgan fingerprint density at radius 2 is 1.78 bits per heavy atom. The van der Waals surface area contributed by atoms with E-state index in [2.05, 4.69) is 80.7 Å². The maximum Gasteiger partial charge on any atom is 0.189 e. The first-order valence-electron chi connectivity index (χ1n) is 21.7. The summed E-state index contributed by atoms with van der Waals surface area (Å²) in [6.45, 7) is 0. The van der Waals surface area contributed by atoms with Crippen molar-refractivity contribution in [3.8, 4) is 11.8 Å². The number of aliphatic hydroxyl groups excluding tert-OH is 1. The second-order valence-corrected chi connectivity index (χ2v) is 19.4. The lowest BCUT2D eigenvalue weighted by Crippen LogP contribution is -2.56.